The molecule has 0 spiro atoms. The number of hydrogen-bond donors (Lipinski definition) is 1. The van der Waals surface area contributed by atoms with Crippen LogP contribution in [-0.4, -0.2) is 78.9 Å². The molecule has 0 bridgehead atoms. The number of amides is 2. The Morgan fingerprint density at radius 3 is 2.24 bits per heavy atom. The number of hydrogen-bond acceptors (Lipinski definition) is 4. The molecule has 2 aliphatic heterocycles. The molecule has 0 aliphatic carbocycles. The molecule has 1 N–H and O–H groups in total. The van der Waals surface area contributed by atoms with Gasteiger partial charge in [-0.25, -0.2) is 0 Å². The molecular formula is C18H25ClN4O2. The zero-order valence-electron chi connectivity index (χ0n) is 14.4. The Morgan fingerprint density at radius 2 is 1.60 bits per heavy atom. The molecule has 0 radical (unpaired) electrons. The highest BCUT2D eigenvalue weighted by Crippen LogP contribution is 2.15. The van der Waals surface area contributed by atoms with Crippen LogP contribution in [0.4, 0.5) is 5.69 Å². The Bertz CT molecular complexity index is 611. The minimum atomic E-state index is -0.0381. The number of piperazine rings is 1. The molecule has 2 fully saturated rings. The molecule has 0 saturated carbocycles. The molecule has 6 nitrogen and oxygen atoms in total. The van der Waals surface area contributed by atoms with Gasteiger partial charge in [-0.3, -0.25) is 19.4 Å². The van der Waals surface area contributed by atoms with E-state index < -0.39 is 0 Å². The predicted octanol–water partition coefficient (Wildman–Crippen LogP) is 1.52. The van der Waals surface area contributed by atoms with Gasteiger partial charge in [0.25, 0.3) is 0 Å². The molecule has 136 valence electrons. The summed E-state index contributed by atoms with van der Waals surface area (Å²) in [6.07, 6.45) is 2.25. The summed E-state index contributed by atoms with van der Waals surface area (Å²) in [6.45, 7) is 5.93. The lowest BCUT2D eigenvalue weighted by Gasteiger charge is -2.34. The summed E-state index contributed by atoms with van der Waals surface area (Å²) >= 11 is 5.93. The third-order valence-corrected chi connectivity index (χ3v) is 4.99. The fraction of sp³-hybridized carbons (Fsp3) is 0.556. The van der Waals surface area contributed by atoms with E-state index in [2.05, 4.69) is 15.1 Å². The first-order valence-electron chi connectivity index (χ1n) is 8.88. The van der Waals surface area contributed by atoms with Crippen molar-refractivity contribution in [3.8, 4) is 0 Å². The molecule has 3 rings (SSSR count). The monoisotopic (exact) mass is 364 g/mol. The van der Waals surface area contributed by atoms with E-state index in [0.717, 1.165) is 52.1 Å². The lowest BCUT2D eigenvalue weighted by Crippen LogP contribution is -2.51. The summed E-state index contributed by atoms with van der Waals surface area (Å²) in [6, 6.07) is 7.15. The second-order valence-corrected chi connectivity index (χ2v) is 7.14. The van der Waals surface area contributed by atoms with Crippen LogP contribution in [0, 0.1) is 0 Å². The Balaban J connectivity index is 1.38. The Hall–Kier alpha value is -1.63. The molecule has 25 heavy (non-hydrogen) atoms. The van der Waals surface area contributed by atoms with Gasteiger partial charge in [-0.15, -0.1) is 0 Å². The number of nitrogens with zero attached hydrogens (tertiary/aromatic N) is 3. The van der Waals surface area contributed by atoms with Gasteiger partial charge in [0, 0.05) is 50.0 Å². The number of carbonyl (C=O) groups is 2. The minimum absolute atomic E-state index is 0.0381. The highest BCUT2D eigenvalue weighted by molar-refractivity contribution is 6.30. The SMILES string of the molecule is O=C(CN1CCN(CC(=O)N2CCCC2)CC1)Nc1cccc(Cl)c1. The van der Waals surface area contributed by atoms with Crippen molar-refractivity contribution in [2.24, 2.45) is 0 Å². The van der Waals surface area contributed by atoms with Gasteiger partial charge < -0.3 is 10.2 Å². The standard InChI is InChI=1S/C18H25ClN4O2/c19-15-4-3-5-16(12-15)20-17(24)13-21-8-10-22(11-9-21)14-18(25)23-6-1-2-7-23/h3-5,12H,1-2,6-11,13-14H2,(H,20,24). The minimum Gasteiger partial charge on any atom is -0.342 e. The van der Waals surface area contributed by atoms with Crippen molar-refractivity contribution >= 4 is 29.1 Å². The van der Waals surface area contributed by atoms with Crippen LogP contribution in [0.5, 0.6) is 0 Å². The van der Waals surface area contributed by atoms with E-state index in [4.69, 9.17) is 11.6 Å². The highest BCUT2D eigenvalue weighted by atomic mass is 35.5. The van der Waals surface area contributed by atoms with Crippen molar-refractivity contribution in [1.29, 1.82) is 0 Å². The lowest BCUT2D eigenvalue weighted by molar-refractivity contribution is -0.132. The largest absolute Gasteiger partial charge is 0.342 e. The molecule has 1 aromatic carbocycles. The van der Waals surface area contributed by atoms with Gasteiger partial charge in [-0.2, -0.15) is 0 Å². The number of likely N-dealkylation sites (tertiary alicyclic amines) is 1. The van der Waals surface area contributed by atoms with Crippen LogP contribution in [0.25, 0.3) is 0 Å². The third-order valence-electron chi connectivity index (χ3n) is 4.76. The Labute approximate surface area is 153 Å². The maximum atomic E-state index is 12.2. The van der Waals surface area contributed by atoms with Crippen LogP contribution in [0.1, 0.15) is 12.8 Å². The van der Waals surface area contributed by atoms with Gasteiger partial charge >= 0.3 is 0 Å². The zero-order chi connectivity index (χ0) is 17.6. The van der Waals surface area contributed by atoms with E-state index in [-0.39, 0.29) is 11.8 Å². The first kappa shape index (κ1) is 18.2. The van der Waals surface area contributed by atoms with Crippen molar-refractivity contribution in [2.45, 2.75) is 12.8 Å². The maximum Gasteiger partial charge on any atom is 0.238 e. The molecular weight excluding hydrogens is 340 g/mol. The second kappa shape index (κ2) is 8.65. The average Bonchev–Trinajstić information content (AvgIpc) is 3.11. The van der Waals surface area contributed by atoms with Crippen molar-refractivity contribution in [3.05, 3.63) is 29.3 Å². The van der Waals surface area contributed by atoms with E-state index >= 15 is 0 Å². The molecule has 1 aromatic rings. The third kappa shape index (κ3) is 5.42. The molecule has 2 amide bonds. The van der Waals surface area contributed by atoms with Gasteiger partial charge in [0.15, 0.2) is 0 Å². The Kier molecular flexibility index (Phi) is 6.29. The summed E-state index contributed by atoms with van der Waals surface area (Å²) in [5.41, 5.74) is 0.715. The predicted molar refractivity (Wildman–Crippen MR) is 98.8 cm³/mol. The summed E-state index contributed by atoms with van der Waals surface area (Å²) < 4.78 is 0. The molecule has 7 heteroatoms. The number of anilines is 1. The smallest absolute Gasteiger partial charge is 0.238 e. The maximum absolute atomic E-state index is 12.2. The number of carbonyl (C=O) groups excluding carboxylic acids is 2. The topological polar surface area (TPSA) is 55.9 Å². The Morgan fingerprint density at radius 1 is 0.960 bits per heavy atom. The number of halogens is 1. The van der Waals surface area contributed by atoms with Crippen molar-refractivity contribution in [2.75, 3.05) is 57.7 Å². The molecule has 0 unspecified atom stereocenters. The fourth-order valence-corrected chi connectivity index (χ4v) is 3.52. The van der Waals surface area contributed by atoms with Crippen molar-refractivity contribution in [3.63, 3.8) is 0 Å². The van der Waals surface area contributed by atoms with Gasteiger partial charge in [0.1, 0.15) is 0 Å². The van der Waals surface area contributed by atoms with Crippen molar-refractivity contribution in [1.82, 2.24) is 14.7 Å². The van der Waals surface area contributed by atoms with E-state index in [0.29, 0.717) is 23.8 Å². The molecule has 2 heterocycles. The molecule has 0 aromatic heterocycles. The first-order valence-corrected chi connectivity index (χ1v) is 9.26. The van der Waals surface area contributed by atoms with Gasteiger partial charge in [-0.05, 0) is 31.0 Å². The second-order valence-electron chi connectivity index (χ2n) is 6.70. The summed E-state index contributed by atoms with van der Waals surface area (Å²) in [7, 11) is 0. The quantitative estimate of drug-likeness (QED) is 0.860. The average molecular weight is 365 g/mol. The van der Waals surface area contributed by atoms with Gasteiger partial charge in [0.05, 0.1) is 13.1 Å². The van der Waals surface area contributed by atoms with E-state index in [1.54, 1.807) is 12.1 Å². The molecule has 0 atom stereocenters. The zero-order valence-corrected chi connectivity index (χ0v) is 15.2. The van der Waals surface area contributed by atoms with E-state index in [1.807, 2.05) is 17.0 Å². The normalized spacial score (nSPS) is 19.2. The van der Waals surface area contributed by atoms with E-state index in [9.17, 15) is 9.59 Å². The summed E-state index contributed by atoms with van der Waals surface area (Å²) in [5.74, 6) is 0.202. The van der Waals surface area contributed by atoms with Crippen LogP contribution >= 0.6 is 11.6 Å². The van der Waals surface area contributed by atoms with Crippen LogP contribution in [0.3, 0.4) is 0 Å². The molecule has 2 saturated heterocycles. The van der Waals surface area contributed by atoms with Crippen LogP contribution in [-0.2, 0) is 9.59 Å². The van der Waals surface area contributed by atoms with E-state index in [1.165, 1.54) is 0 Å². The first-order chi connectivity index (χ1) is 12.1. The summed E-state index contributed by atoms with van der Waals surface area (Å²) in [4.78, 5) is 30.6. The van der Waals surface area contributed by atoms with Crippen LogP contribution in [0.15, 0.2) is 24.3 Å². The summed E-state index contributed by atoms with van der Waals surface area (Å²) in [5, 5.41) is 3.48. The number of rotatable bonds is 5. The van der Waals surface area contributed by atoms with Crippen LogP contribution < -0.4 is 5.32 Å². The molecule has 2 aliphatic rings. The number of nitrogens with one attached hydrogen (secondary N) is 1. The number of benzene rings is 1. The lowest BCUT2D eigenvalue weighted by atomic mass is 10.3. The van der Waals surface area contributed by atoms with Gasteiger partial charge in [-0.1, -0.05) is 17.7 Å². The highest BCUT2D eigenvalue weighted by Gasteiger charge is 2.24. The van der Waals surface area contributed by atoms with Crippen molar-refractivity contribution < 1.29 is 9.59 Å². The van der Waals surface area contributed by atoms with Gasteiger partial charge in [0.2, 0.25) is 11.8 Å². The fourth-order valence-electron chi connectivity index (χ4n) is 3.33. The van der Waals surface area contributed by atoms with Crippen LogP contribution in [0.2, 0.25) is 5.02 Å².